The molecule has 8 heteroatoms. The van der Waals surface area contributed by atoms with Crippen LogP contribution in [0, 0.1) is 13.8 Å². The van der Waals surface area contributed by atoms with Crippen molar-refractivity contribution in [3.05, 3.63) is 46.6 Å². The molecule has 27 heavy (non-hydrogen) atoms. The van der Waals surface area contributed by atoms with E-state index in [4.69, 9.17) is 4.42 Å². The highest BCUT2D eigenvalue weighted by atomic mass is 32.2. The summed E-state index contributed by atoms with van der Waals surface area (Å²) in [6.07, 6.45) is 0. The molecular formula is C19H22N4O2S2. The second kappa shape index (κ2) is 8.67. The molecule has 0 N–H and O–H groups in total. The summed E-state index contributed by atoms with van der Waals surface area (Å²) in [5.74, 6) is 0.507. The van der Waals surface area contributed by atoms with Crippen LogP contribution < -0.4 is 0 Å². The number of carbonyl (C=O) groups is 1. The Morgan fingerprint density at radius 2 is 2.00 bits per heavy atom. The van der Waals surface area contributed by atoms with Crippen LogP contribution in [0.1, 0.15) is 30.1 Å². The minimum absolute atomic E-state index is 0.0518. The Kier molecular flexibility index (Phi) is 6.28. The van der Waals surface area contributed by atoms with E-state index in [1.54, 1.807) is 0 Å². The Balaban J connectivity index is 1.66. The fraction of sp³-hybridized carbons (Fsp3) is 0.368. The second-order valence-electron chi connectivity index (χ2n) is 6.12. The fourth-order valence-electron chi connectivity index (χ4n) is 2.69. The number of rotatable bonds is 7. The average Bonchev–Trinajstić information content (AvgIpc) is 3.25. The van der Waals surface area contributed by atoms with Gasteiger partial charge in [-0.3, -0.25) is 4.79 Å². The number of aromatic nitrogens is 3. The van der Waals surface area contributed by atoms with Crippen LogP contribution in [0.4, 0.5) is 0 Å². The average molecular weight is 403 g/mol. The molecule has 0 saturated heterocycles. The van der Waals surface area contributed by atoms with Crippen molar-refractivity contribution < 1.29 is 9.21 Å². The maximum Gasteiger partial charge on any atom is 0.277 e. The van der Waals surface area contributed by atoms with Crippen LogP contribution in [0.5, 0.6) is 0 Å². The summed E-state index contributed by atoms with van der Waals surface area (Å²) in [5.41, 5.74) is 1.99. The predicted molar refractivity (Wildman–Crippen MR) is 108 cm³/mol. The number of thioether (sulfide) groups is 1. The lowest BCUT2D eigenvalue weighted by Crippen LogP contribution is -2.35. The molecule has 3 rings (SSSR count). The van der Waals surface area contributed by atoms with Gasteiger partial charge in [-0.15, -0.1) is 21.5 Å². The number of hydrogen-bond acceptors (Lipinski definition) is 7. The largest absolute Gasteiger partial charge is 0.410 e. The van der Waals surface area contributed by atoms with Gasteiger partial charge in [0.1, 0.15) is 4.88 Å². The van der Waals surface area contributed by atoms with E-state index in [1.807, 2.05) is 62.9 Å². The van der Waals surface area contributed by atoms with Crippen LogP contribution in [0.3, 0.4) is 0 Å². The quantitative estimate of drug-likeness (QED) is 0.548. The molecule has 2 aromatic heterocycles. The molecule has 6 nitrogen and oxygen atoms in total. The number of carbonyl (C=O) groups excluding carboxylic acids is 1. The Labute approximate surface area is 167 Å². The molecular weight excluding hydrogens is 380 g/mol. The number of nitrogens with zero attached hydrogens (tertiary/aromatic N) is 4. The number of hydrogen-bond donors (Lipinski definition) is 0. The molecule has 142 valence electrons. The van der Waals surface area contributed by atoms with E-state index >= 15 is 0 Å². The summed E-state index contributed by atoms with van der Waals surface area (Å²) in [6.45, 7) is 8.96. The van der Waals surface area contributed by atoms with Gasteiger partial charge in [0.2, 0.25) is 5.91 Å². The van der Waals surface area contributed by atoms with Crippen LogP contribution in [0.2, 0.25) is 0 Å². The highest BCUT2D eigenvalue weighted by Gasteiger charge is 2.24. The van der Waals surface area contributed by atoms with Gasteiger partial charge in [-0.1, -0.05) is 42.1 Å². The molecule has 0 spiro atoms. The first kappa shape index (κ1) is 19.6. The van der Waals surface area contributed by atoms with Crippen LogP contribution in [0.25, 0.3) is 10.8 Å². The van der Waals surface area contributed by atoms with Gasteiger partial charge in [0.05, 0.1) is 16.0 Å². The molecule has 0 radical (unpaired) electrons. The summed E-state index contributed by atoms with van der Waals surface area (Å²) in [7, 11) is 0. The summed E-state index contributed by atoms with van der Waals surface area (Å²) < 4.78 is 5.76. The van der Waals surface area contributed by atoms with Crippen molar-refractivity contribution in [2.45, 2.75) is 44.7 Å². The van der Waals surface area contributed by atoms with Crippen molar-refractivity contribution in [2.75, 3.05) is 6.54 Å². The lowest BCUT2D eigenvalue weighted by atomic mass is 10.2. The molecule has 2 heterocycles. The van der Waals surface area contributed by atoms with Crippen LogP contribution >= 0.6 is 23.1 Å². The number of thiazole rings is 1. The summed E-state index contributed by atoms with van der Waals surface area (Å²) >= 11 is 2.81. The van der Waals surface area contributed by atoms with E-state index in [-0.39, 0.29) is 11.2 Å². The second-order valence-corrected chi connectivity index (χ2v) is 8.61. The lowest BCUT2D eigenvalue weighted by molar-refractivity contribution is -0.130. The Bertz CT molecular complexity index is 908. The zero-order valence-electron chi connectivity index (χ0n) is 15.8. The maximum atomic E-state index is 12.8. The van der Waals surface area contributed by atoms with E-state index in [9.17, 15) is 4.79 Å². The third-order valence-electron chi connectivity index (χ3n) is 4.04. The highest BCUT2D eigenvalue weighted by Crippen LogP contribution is 2.32. The first-order chi connectivity index (χ1) is 13.0. The van der Waals surface area contributed by atoms with E-state index in [1.165, 1.54) is 23.1 Å². The zero-order chi connectivity index (χ0) is 19.4. The van der Waals surface area contributed by atoms with Crippen molar-refractivity contribution >= 4 is 29.0 Å². The van der Waals surface area contributed by atoms with E-state index < -0.39 is 0 Å². The number of aryl methyl sites for hydroxylation is 2. The summed E-state index contributed by atoms with van der Waals surface area (Å²) in [6, 6.07) is 9.98. The summed E-state index contributed by atoms with van der Waals surface area (Å²) in [5, 5.41) is 9.24. The maximum absolute atomic E-state index is 12.8. The number of amides is 1. The van der Waals surface area contributed by atoms with E-state index in [0.717, 1.165) is 21.1 Å². The molecule has 0 bridgehead atoms. The molecule has 0 aliphatic rings. The minimum Gasteiger partial charge on any atom is -0.410 e. The van der Waals surface area contributed by atoms with Crippen molar-refractivity contribution in [1.82, 2.24) is 20.1 Å². The minimum atomic E-state index is -0.314. The standard InChI is InChI=1S/C19H22N4O2S2/c1-5-23(11-15-9-7-6-8-10-15)18(24)13(3)26-19-22-21-17(25-19)16-12(2)20-14(4)27-16/h6-10,13H,5,11H2,1-4H3. The van der Waals surface area contributed by atoms with Crippen LogP contribution in [-0.4, -0.2) is 37.8 Å². The Morgan fingerprint density at radius 1 is 1.26 bits per heavy atom. The Morgan fingerprint density at radius 3 is 2.63 bits per heavy atom. The van der Waals surface area contributed by atoms with Gasteiger partial charge in [0.15, 0.2) is 0 Å². The van der Waals surface area contributed by atoms with E-state index in [0.29, 0.717) is 24.2 Å². The molecule has 0 saturated carbocycles. The zero-order valence-corrected chi connectivity index (χ0v) is 17.4. The van der Waals surface area contributed by atoms with Gasteiger partial charge < -0.3 is 9.32 Å². The first-order valence-electron chi connectivity index (χ1n) is 8.75. The van der Waals surface area contributed by atoms with Gasteiger partial charge in [-0.05, 0) is 33.3 Å². The topological polar surface area (TPSA) is 72.1 Å². The monoisotopic (exact) mass is 402 g/mol. The fourth-order valence-corrected chi connectivity index (χ4v) is 4.30. The molecule has 1 amide bonds. The normalized spacial score (nSPS) is 12.1. The van der Waals surface area contributed by atoms with Gasteiger partial charge in [0, 0.05) is 13.1 Å². The third kappa shape index (κ3) is 4.75. The van der Waals surface area contributed by atoms with Gasteiger partial charge in [0.25, 0.3) is 11.1 Å². The van der Waals surface area contributed by atoms with Crippen LogP contribution in [0.15, 0.2) is 40.0 Å². The molecule has 0 aliphatic heterocycles. The summed E-state index contributed by atoms with van der Waals surface area (Å²) in [4.78, 5) is 19.9. The van der Waals surface area contributed by atoms with Crippen LogP contribution in [-0.2, 0) is 11.3 Å². The number of benzene rings is 1. The van der Waals surface area contributed by atoms with Gasteiger partial charge in [-0.2, -0.15) is 0 Å². The SMILES string of the molecule is CCN(Cc1ccccc1)C(=O)C(C)Sc1nnc(-c2sc(C)nc2C)o1. The molecule has 1 atom stereocenters. The van der Waals surface area contributed by atoms with E-state index in [2.05, 4.69) is 15.2 Å². The molecule has 0 aliphatic carbocycles. The smallest absolute Gasteiger partial charge is 0.277 e. The predicted octanol–water partition coefficient (Wildman–Crippen LogP) is 4.34. The van der Waals surface area contributed by atoms with Gasteiger partial charge >= 0.3 is 0 Å². The first-order valence-corrected chi connectivity index (χ1v) is 10.4. The van der Waals surface area contributed by atoms with Crippen molar-refractivity contribution in [3.8, 4) is 10.8 Å². The van der Waals surface area contributed by atoms with Crippen molar-refractivity contribution in [1.29, 1.82) is 0 Å². The molecule has 3 aromatic rings. The molecule has 1 unspecified atom stereocenters. The Hall–Kier alpha value is -2.19. The van der Waals surface area contributed by atoms with Crippen molar-refractivity contribution in [2.24, 2.45) is 0 Å². The molecule has 0 fully saturated rings. The molecule has 1 aromatic carbocycles. The van der Waals surface area contributed by atoms with Crippen molar-refractivity contribution in [3.63, 3.8) is 0 Å². The third-order valence-corrected chi connectivity index (χ3v) is 6.02. The van der Waals surface area contributed by atoms with Gasteiger partial charge in [-0.25, -0.2) is 4.98 Å². The lowest BCUT2D eigenvalue weighted by Gasteiger charge is -2.23. The highest BCUT2D eigenvalue weighted by molar-refractivity contribution is 8.00.